The van der Waals surface area contributed by atoms with Gasteiger partial charge < -0.3 is 20.3 Å². The molecule has 0 atom stereocenters. The van der Waals surface area contributed by atoms with Gasteiger partial charge in [-0.3, -0.25) is 4.79 Å². The van der Waals surface area contributed by atoms with Gasteiger partial charge in [0.1, 0.15) is 0 Å². The van der Waals surface area contributed by atoms with E-state index in [1.54, 1.807) is 7.11 Å². The van der Waals surface area contributed by atoms with Crippen molar-refractivity contribution in [3.63, 3.8) is 0 Å². The molecule has 1 aromatic rings. The Morgan fingerprint density at radius 1 is 1.20 bits per heavy atom. The van der Waals surface area contributed by atoms with Crippen LogP contribution in [0.15, 0.2) is 24.3 Å². The molecule has 1 saturated heterocycles. The standard InChI is InChI=1S/C17H27N3O2S.2ClH/c1-22-11-7-18-14-17(21)19-16-4-2-15(3-5-16)6-8-20-9-12-23-13-10-20;;/h2-5,18H,6-14H2,1H3,(H,19,21);2*1H. The maximum atomic E-state index is 11.8. The number of hydrogen-bond donors (Lipinski definition) is 2. The van der Waals surface area contributed by atoms with Gasteiger partial charge in [0.25, 0.3) is 0 Å². The first-order chi connectivity index (χ1) is 11.3. The molecule has 0 bridgehead atoms. The molecule has 2 N–H and O–H groups in total. The number of benzene rings is 1. The average molecular weight is 410 g/mol. The molecule has 1 amide bonds. The highest BCUT2D eigenvalue weighted by Gasteiger charge is 2.09. The lowest BCUT2D eigenvalue weighted by molar-refractivity contribution is -0.115. The molecule has 1 aliphatic rings. The molecule has 0 aromatic heterocycles. The smallest absolute Gasteiger partial charge is 0.238 e. The van der Waals surface area contributed by atoms with Gasteiger partial charge in [-0.15, -0.1) is 24.8 Å². The summed E-state index contributed by atoms with van der Waals surface area (Å²) < 4.78 is 4.92. The van der Waals surface area contributed by atoms with Gasteiger partial charge in [-0.05, 0) is 24.1 Å². The summed E-state index contributed by atoms with van der Waals surface area (Å²) in [7, 11) is 1.65. The number of anilines is 1. The van der Waals surface area contributed by atoms with Gasteiger partial charge in [-0.2, -0.15) is 11.8 Å². The molecule has 0 aliphatic carbocycles. The maximum Gasteiger partial charge on any atom is 0.238 e. The van der Waals surface area contributed by atoms with Crippen LogP contribution in [0.25, 0.3) is 0 Å². The molecule has 1 fully saturated rings. The van der Waals surface area contributed by atoms with Gasteiger partial charge >= 0.3 is 0 Å². The second-order valence-electron chi connectivity index (χ2n) is 5.62. The lowest BCUT2D eigenvalue weighted by Crippen LogP contribution is -2.34. The monoisotopic (exact) mass is 409 g/mol. The minimum absolute atomic E-state index is 0. The molecular formula is C17H29Cl2N3O2S. The number of amides is 1. The molecule has 8 heteroatoms. The molecule has 0 spiro atoms. The summed E-state index contributed by atoms with van der Waals surface area (Å²) >= 11 is 2.04. The number of ether oxygens (including phenoxy) is 1. The third kappa shape index (κ3) is 10.3. The Balaban J connectivity index is 0.00000288. The van der Waals surface area contributed by atoms with Crippen molar-refractivity contribution in [2.75, 3.05) is 63.3 Å². The van der Waals surface area contributed by atoms with Crippen molar-refractivity contribution < 1.29 is 9.53 Å². The highest BCUT2D eigenvalue weighted by molar-refractivity contribution is 7.99. The van der Waals surface area contributed by atoms with Crippen LogP contribution in [0.5, 0.6) is 0 Å². The summed E-state index contributed by atoms with van der Waals surface area (Å²) in [6, 6.07) is 8.17. The van der Waals surface area contributed by atoms with E-state index in [9.17, 15) is 4.79 Å². The molecule has 0 unspecified atom stereocenters. The van der Waals surface area contributed by atoms with Gasteiger partial charge in [-0.25, -0.2) is 0 Å². The maximum absolute atomic E-state index is 11.8. The van der Waals surface area contributed by atoms with E-state index in [2.05, 4.69) is 27.7 Å². The van der Waals surface area contributed by atoms with Crippen molar-refractivity contribution >= 4 is 48.2 Å². The molecule has 144 valence electrons. The molecule has 1 aromatic carbocycles. The lowest BCUT2D eigenvalue weighted by Gasteiger charge is -2.26. The predicted molar refractivity (Wildman–Crippen MR) is 112 cm³/mol. The van der Waals surface area contributed by atoms with Crippen molar-refractivity contribution in [3.8, 4) is 0 Å². The minimum Gasteiger partial charge on any atom is -0.383 e. The molecule has 5 nitrogen and oxygen atoms in total. The van der Waals surface area contributed by atoms with Crippen molar-refractivity contribution in [2.45, 2.75) is 6.42 Å². The summed E-state index contributed by atoms with van der Waals surface area (Å²) in [5.41, 5.74) is 2.17. The van der Waals surface area contributed by atoms with Crippen LogP contribution in [0.2, 0.25) is 0 Å². The van der Waals surface area contributed by atoms with Gasteiger partial charge in [0, 0.05) is 50.5 Å². The van der Waals surface area contributed by atoms with Gasteiger partial charge in [0.2, 0.25) is 5.91 Å². The highest BCUT2D eigenvalue weighted by atomic mass is 35.5. The Morgan fingerprint density at radius 2 is 1.88 bits per heavy atom. The molecule has 25 heavy (non-hydrogen) atoms. The van der Waals surface area contributed by atoms with Crippen LogP contribution >= 0.6 is 36.6 Å². The van der Waals surface area contributed by atoms with Crippen LogP contribution < -0.4 is 10.6 Å². The Kier molecular flexibility index (Phi) is 14.4. The predicted octanol–water partition coefficient (Wildman–Crippen LogP) is 2.30. The van der Waals surface area contributed by atoms with E-state index in [4.69, 9.17) is 4.74 Å². The van der Waals surface area contributed by atoms with E-state index >= 15 is 0 Å². The molecule has 1 aliphatic heterocycles. The largest absolute Gasteiger partial charge is 0.383 e. The number of nitrogens with one attached hydrogen (secondary N) is 2. The molecule has 1 heterocycles. The normalized spacial score (nSPS) is 14.3. The number of halogens is 2. The van der Waals surface area contributed by atoms with Crippen LogP contribution in [0.3, 0.4) is 0 Å². The number of carbonyl (C=O) groups is 1. The van der Waals surface area contributed by atoms with Crippen LogP contribution in [0.4, 0.5) is 5.69 Å². The van der Waals surface area contributed by atoms with Crippen molar-refractivity contribution in [1.29, 1.82) is 0 Å². The van der Waals surface area contributed by atoms with E-state index in [1.807, 2.05) is 23.9 Å². The zero-order valence-corrected chi connectivity index (χ0v) is 17.1. The summed E-state index contributed by atoms with van der Waals surface area (Å²) in [6.07, 6.45) is 1.07. The van der Waals surface area contributed by atoms with Gasteiger partial charge in [-0.1, -0.05) is 12.1 Å². The Hall–Kier alpha value is -0.500. The van der Waals surface area contributed by atoms with Crippen LogP contribution in [-0.2, 0) is 16.0 Å². The highest BCUT2D eigenvalue weighted by Crippen LogP contribution is 2.12. The summed E-state index contributed by atoms with van der Waals surface area (Å²) in [5, 5.41) is 5.93. The molecular weight excluding hydrogens is 381 g/mol. The first-order valence-electron chi connectivity index (χ1n) is 8.16. The third-order valence-electron chi connectivity index (χ3n) is 3.83. The van der Waals surface area contributed by atoms with Crippen LogP contribution in [0.1, 0.15) is 5.56 Å². The number of hydrogen-bond acceptors (Lipinski definition) is 5. The van der Waals surface area contributed by atoms with Gasteiger partial charge in [0.05, 0.1) is 13.2 Å². The first-order valence-corrected chi connectivity index (χ1v) is 9.32. The quantitative estimate of drug-likeness (QED) is 0.612. The SMILES string of the molecule is COCCNCC(=O)Nc1ccc(CCN2CCSCC2)cc1.Cl.Cl. The summed E-state index contributed by atoms with van der Waals surface area (Å²) in [4.78, 5) is 14.3. The number of thioether (sulfide) groups is 1. The van der Waals surface area contributed by atoms with E-state index in [1.165, 1.54) is 30.2 Å². The van der Waals surface area contributed by atoms with Crippen molar-refractivity contribution in [2.24, 2.45) is 0 Å². The van der Waals surface area contributed by atoms with E-state index in [-0.39, 0.29) is 30.7 Å². The Labute approximate surface area is 167 Å². The molecule has 0 radical (unpaired) electrons. The average Bonchev–Trinajstić information content (AvgIpc) is 2.59. The van der Waals surface area contributed by atoms with Crippen molar-refractivity contribution in [3.05, 3.63) is 29.8 Å². The fourth-order valence-electron chi connectivity index (χ4n) is 2.45. The van der Waals surface area contributed by atoms with E-state index < -0.39 is 0 Å². The number of rotatable bonds is 9. The van der Waals surface area contributed by atoms with Crippen molar-refractivity contribution in [1.82, 2.24) is 10.2 Å². The minimum atomic E-state index is -0.0281. The second-order valence-corrected chi connectivity index (χ2v) is 6.84. The van der Waals surface area contributed by atoms with Crippen LogP contribution in [-0.4, -0.2) is 68.8 Å². The fourth-order valence-corrected chi connectivity index (χ4v) is 3.43. The van der Waals surface area contributed by atoms with E-state index in [0.717, 1.165) is 18.7 Å². The van der Waals surface area contributed by atoms with Gasteiger partial charge in [0.15, 0.2) is 0 Å². The number of nitrogens with zero attached hydrogens (tertiary/aromatic N) is 1. The molecule has 0 saturated carbocycles. The number of methoxy groups -OCH3 is 1. The van der Waals surface area contributed by atoms with E-state index in [0.29, 0.717) is 19.7 Å². The first kappa shape index (κ1) is 24.5. The zero-order chi connectivity index (χ0) is 16.3. The van der Waals surface area contributed by atoms with Crippen LogP contribution in [0, 0.1) is 0 Å². The summed E-state index contributed by atoms with van der Waals surface area (Å²) in [5.74, 6) is 2.48. The Bertz CT molecular complexity index is 471. The fraction of sp³-hybridized carbons (Fsp3) is 0.588. The third-order valence-corrected chi connectivity index (χ3v) is 4.77. The zero-order valence-electron chi connectivity index (χ0n) is 14.7. The Morgan fingerprint density at radius 3 is 2.52 bits per heavy atom. The topological polar surface area (TPSA) is 53.6 Å². The number of carbonyl (C=O) groups excluding carboxylic acids is 1. The second kappa shape index (κ2) is 14.6. The molecule has 2 rings (SSSR count). The lowest BCUT2D eigenvalue weighted by atomic mass is 10.1. The summed E-state index contributed by atoms with van der Waals surface area (Å²) in [6.45, 7) is 5.12.